The first-order chi connectivity index (χ1) is 11.6. The molecule has 0 radical (unpaired) electrons. The van der Waals surface area contributed by atoms with Gasteiger partial charge in [-0.3, -0.25) is 9.59 Å². The van der Waals surface area contributed by atoms with Gasteiger partial charge >= 0.3 is 5.97 Å². The van der Waals surface area contributed by atoms with Crippen molar-refractivity contribution in [2.24, 2.45) is 0 Å². The molecule has 1 fully saturated rings. The molecule has 0 aliphatic carbocycles. The standard InChI is InChI=1S/C18H19NO5/c20-14-11-16(24-15-8-4-3-7-13(14)15)18(22)23-12-17(21)19-9-5-1-2-6-10-19/h3-4,7-8,11H,1-2,5-6,9-10,12H2. The van der Waals surface area contributed by atoms with E-state index in [1.54, 1.807) is 29.2 Å². The number of nitrogens with zero attached hydrogens (tertiary/aromatic N) is 1. The van der Waals surface area contributed by atoms with Gasteiger partial charge in [0.05, 0.1) is 5.39 Å². The number of carbonyl (C=O) groups excluding carboxylic acids is 2. The Labute approximate surface area is 139 Å². The molecule has 0 spiro atoms. The molecule has 1 saturated heterocycles. The van der Waals surface area contributed by atoms with Crippen molar-refractivity contribution in [2.75, 3.05) is 19.7 Å². The molecule has 1 aliphatic heterocycles. The zero-order valence-corrected chi connectivity index (χ0v) is 13.3. The van der Waals surface area contributed by atoms with Crippen LogP contribution in [0.4, 0.5) is 0 Å². The summed E-state index contributed by atoms with van der Waals surface area (Å²) in [5.74, 6) is -1.21. The smallest absolute Gasteiger partial charge is 0.374 e. The Kier molecular flexibility index (Phi) is 4.93. The summed E-state index contributed by atoms with van der Waals surface area (Å²) in [4.78, 5) is 37.9. The Morgan fingerprint density at radius 3 is 2.54 bits per heavy atom. The summed E-state index contributed by atoms with van der Waals surface area (Å²) in [6.07, 6.45) is 4.18. The van der Waals surface area contributed by atoms with Crippen molar-refractivity contribution in [1.82, 2.24) is 4.90 Å². The molecule has 24 heavy (non-hydrogen) atoms. The average Bonchev–Trinajstić information content (AvgIpc) is 2.88. The van der Waals surface area contributed by atoms with E-state index in [1.807, 2.05) is 0 Å². The van der Waals surface area contributed by atoms with Crippen molar-refractivity contribution >= 4 is 22.8 Å². The number of fused-ring (bicyclic) bond motifs is 1. The molecule has 0 N–H and O–H groups in total. The summed E-state index contributed by atoms with van der Waals surface area (Å²) in [5.41, 5.74) is -0.00145. The predicted molar refractivity (Wildman–Crippen MR) is 87.8 cm³/mol. The monoisotopic (exact) mass is 329 g/mol. The molecular weight excluding hydrogens is 310 g/mol. The van der Waals surface area contributed by atoms with Crippen LogP contribution >= 0.6 is 0 Å². The number of hydrogen-bond donors (Lipinski definition) is 0. The highest BCUT2D eigenvalue weighted by molar-refractivity contribution is 5.90. The molecule has 1 amide bonds. The number of ether oxygens (including phenoxy) is 1. The third-order valence-electron chi connectivity index (χ3n) is 4.12. The van der Waals surface area contributed by atoms with Gasteiger partial charge in [-0.1, -0.05) is 25.0 Å². The fourth-order valence-electron chi connectivity index (χ4n) is 2.81. The summed E-state index contributed by atoms with van der Waals surface area (Å²) in [6, 6.07) is 7.76. The summed E-state index contributed by atoms with van der Waals surface area (Å²) in [7, 11) is 0. The van der Waals surface area contributed by atoms with Crippen molar-refractivity contribution in [3.8, 4) is 0 Å². The highest BCUT2D eigenvalue weighted by Gasteiger charge is 2.19. The summed E-state index contributed by atoms with van der Waals surface area (Å²) >= 11 is 0. The molecule has 0 atom stereocenters. The Balaban J connectivity index is 1.66. The Morgan fingerprint density at radius 2 is 1.79 bits per heavy atom. The van der Waals surface area contributed by atoms with Gasteiger partial charge in [0.15, 0.2) is 12.0 Å². The van der Waals surface area contributed by atoms with Crippen molar-refractivity contribution in [2.45, 2.75) is 25.7 Å². The number of esters is 1. The lowest BCUT2D eigenvalue weighted by Crippen LogP contribution is -2.35. The highest BCUT2D eigenvalue weighted by atomic mass is 16.5. The lowest BCUT2D eigenvalue weighted by molar-refractivity contribution is -0.134. The molecular formula is C18H19NO5. The van der Waals surface area contributed by atoms with Gasteiger partial charge in [-0.2, -0.15) is 0 Å². The molecule has 126 valence electrons. The number of amides is 1. The molecule has 3 rings (SSSR count). The van der Waals surface area contributed by atoms with Crippen LogP contribution in [0, 0.1) is 0 Å². The molecule has 0 bridgehead atoms. The van der Waals surface area contributed by atoms with Crippen LogP contribution in [0.15, 0.2) is 39.5 Å². The van der Waals surface area contributed by atoms with E-state index in [1.165, 1.54) is 0 Å². The second-order valence-corrected chi connectivity index (χ2v) is 5.84. The number of carbonyl (C=O) groups is 2. The molecule has 6 nitrogen and oxygen atoms in total. The van der Waals surface area contributed by atoms with Gasteiger partial charge in [-0.15, -0.1) is 0 Å². The van der Waals surface area contributed by atoms with Crippen molar-refractivity contribution in [3.63, 3.8) is 0 Å². The minimum absolute atomic E-state index is 0.192. The third-order valence-corrected chi connectivity index (χ3v) is 4.12. The van der Waals surface area contributed by atoms with Gasteiger partial charge in [0.1, 0.15) is 5.58 Å². The SMILES string of the molecule is O=C(OCC(=O)N1CCCCCC1)c1cc(=O)c2ccccc2o1. The Morgan fingerprint density at radius 1 is 1.08 bits per heavy atom. The number of rotatable bonds is 3. The number of hydrogen-bond acceptors (Lipinski definition) is 5. The van der Waals surface area contributed by atoms with E-state index in [-0.39, 0.29) is 23.7 Å². The zero-order valence-electron chi connectivity index (χ0n) is 13.3. The fourth-order valence-corrected chi connectivity index (χ4v) is 2.81. The average molecular weight is 329 g/mol. The van der Waals surface area contributed by atoms with E-state index in [2.05, 4.69) is 0 Å². The topological polar surface area (TPSA) is 76.8 Å². The van der Waals surface area contributed by atoms with Crippen LogP contribution < -0.4 is 5.43 Å². The first-order valence-corrected chi connectivity index (χ1v) is 8.13. The van der Waals surface area contributed by atoms with Crippen molar-refractivity contribution in [3.05, 3.63) is 46.3 Å². The number of benzene rings is 1. The van der Waals surface area contributed by atoms with Gasteiger partial charge in [-0.05, 0) is 25.0 Å². The van der Waals surface area contributed by atoms with Crippen LogP contribution in [0.5, 0.6) is 0 Å². The van der Waals surface area contributed by atoms with E-state index in [9.17, 15) is 14.4 Å². The molecule has 1 aliphatic rings. The first-order valence-electron chi connectivity index (χ1n) is 8.13. The zero-order chi connectivity index (χ0) is 16.9. The predicted octanol–water partition coefficient (Wildman–Crippen LogP) is 2.35. The van der Waals surface area contributed by atoms with Gasteiger partial charge in [-0.25, -0.2) is 4.79 Å². The summed E-state index contributed by atoms with van der Waals surface area (Å²) in [6.45, 7) is 1.05. The largest absolute Gasteiger partial charge is 0.450 e. The highest BCUT2D eigenvalue weighted by Crippen LogP contribution is 2.13. The van der Waals surface area contributed by atoms with E-state index < -0.39 is 5.97 Å². The molecule has 1 aromatic carbocycles. The van der Waals surface area contributed by atoms with Crippen LogP contribution in [0.2, 0.25) is 0 Å². The molecule has 2 heterocycles. The van der Waals surface area contributed by atoms with Crippen molar-refractivity contribution < 1.29 is 18.7 Å². The van der Waals surface area contributed by atoms with Crippen LogP contribution in [0.1, 0.15) is 36.2 Å². The number of likely N-dealkylation sites (tertiary alicyclic amines) is 1. The van der Waals surface area contributed by atoms with E-state index in [4.69, 9.17) is 9.15 Å². The van der Waals surface area contributed by atoms with Gasteiger partial charge in [0.2, 0.25) is 5.76 Å². The molecule has 0 unspecified atom stereocenters. The van der Waals surface area contributed by atoms with Crippen LogP contribution in [-0.2, 0) is 9.53 Å². The Bertz CT molecular complexity index is 802. The van der Waals surface area contributed by atoms with E-state index in [0.717, 1.165) is 31.7 Å². The lowest BCUT2D eigenvalue weighted by Gasteiger charge is -2.19. The first kappa shape index (κ1) is 16.2. The van der Waals surface area contributed by atoms with Crippen LogP contribution in [-0.4, -0.2) is 36.5 Å². The molecule has 1 aromatic heterocycles. The fraction of sp³-hybridized carbons (Fsp3) is 0.389. The lowest BCUT2D eigenvalue weighted by atomic mass is 10.2. The second-order valence-electron chi connectivity index (χ2n) is 5.84. The summed E-state index contributed by atoms with van der Waals surface area (Å²) < 4.78 is 10.4. The van der Waals surface area contributed by atoms with Crippen molar-refractivity contribution in [1.29, 1.82) is 0 Å². The normalized spacial score (nSPS) is 15.1. The third kappa shape index (κ3) is 3.64. The number of para-hydroxylation sites is 1. The maximum absolute atomic E-state index is 12.1. The minimum Gasteiger partial charge on any atom is -0.450 e. The second kappa shape index (κ2) is 7.29. The molecule has 0 saturated carbocycles. The maximum atomic E-state index is 12.1. The van der Waals surface area contributed by atoms with Gasteiger partial charge < -0.3 is 14.1 Å². The van der Waals surface area contributed by atoms with E-state index in [0.29, 0.717) is 24.1 Å². The minimum atomic E-state index is -0.805. The van der Waals surface area contributed by atoms with Crippen LogP contribution in [0.3, 0.4) is 0 Å². The quantitative estimate of drug-likeness (QED) is 0.808. The summed E-state index contributed by atoms with van der Waals surface area (Å²) in [5, 5.41) is 0.398. The van der Waals surface area contributed by atoms with Crippen LogP contribution in [0.25, 0.3) is 11.0 Å². The van der Waals surface area contributed by atoms with Gasteiger partial charge in [0.25, 0.3) is 5.91 Å². The molecule has 2 aromatic rings. The van der Waals surface area contributed by atoms with Gasteiger partial charge in [0, 0.05) is 19.2 Å². The maximum Gasteiger partial charge on any atom is 0.374 e. The Hall–Kier alpha value is -2.63. The molecule has 6 heteroatoms. The van der Waals surface area contributed by atoms with E-state index >= 15 is 0 Å².